The molecule has 0 bridgehead atoms. The largest absolute Gasteiger partial charge is 0.491 e. The lowest BCUT2D eigenvalue weighted by Crippen LogP contribution is -2.37. The van der Waals surface area contributed by atoms with Gasteiger partial charge in [-0.25, -0.2) is 0 Å². The Kier molecular flexibility index (Phi) is 8.15. The van der Waals surface area contributed by atoms with Crippen LogP contribution >= 0.6 is 10.6 Å². The van der Waals surface area contributed by atoms with Crippen LogP contribution < -0.4 is 15.0 Å². The number of nitrogens with one attached hydrogen (secondary N) is 1. The highest BCUT2D eigenvalue weighted by molar-refractivity contribution is 8.24. The van der Waals surface area contributed by atoms with Crippen LogP contribution in [0.25, 0.3) is 0 Å². The van der Waals surface area contributed by atoms with E-state index in [0.29, 0.717) is 28.6 Å². The van der Waals surface area contributed by atoms with Crippen molar-refractivity contribution in [1.29, 1.82) is 0 Å². The normalized spacial score (nSPS) is 20.5. The van der Waals surface area contributed by atoms with E-state index in [4.69, 9.17) is 9.84 Å². The fourth-order valence-electron chi connectivity index (χ4n) is 4.49. The Morgan fingerprint density at radius 1 is 1.21 bits per heavy atom. The van der Waals surface area contributed by atoms with Gasteiger partial charge in [0.1, 0.15) is 5.75 Å². The molecule has 182 valence electrons. The van der Waals surface area contributed by atoms with E-state index in [0.717, 1.165) is 37.1 Å². The Bertz CT molecular complexity index is 953. The van der Waals surface area contributed by atoms with E-state index < -0.39 is 16.6 Å². The summed E-state index contributed by atoms with van der Waals surface area (Å²) < 4.78 is 28.7. The molecule has 0 saturated heterocycles. The van der Waals surface area contributed by atoms with Gasteiger partial charge in [0, 0.05) is 36.5 Å². The number of carboxylic acids is 1. The number of fused-ring (bicyclic) bond motifs is 1. The first kappa shape index (κ1) is 25.2. The van der Waals surface area contributed by atoms with Gasteiger partial charge in [-0.3, -0.25) is 13.9 Å². The molecule has 0 aromatic heterocycles. The molecule has 2 aromatic rings. The van der Waals surface area contributed by atoms with Crippen molar-refractivity contribution in [3.63, 3.8) is 0 Å². The number of rotatable bonds is 10. The van der Waals surface area contributed by atoms with Crippen LogP contribution in [0, 0.1) is 5.41 Å². The molecule has 0 aliphatic carbocycles. The maximum absolute atomic E-state index is 11.5. The minimum absolute atomic E-state index is 0.000211. The molecule has 0 saturated carbocycles. The lowest BCUT2D eigenvalue weighted by molar-refractivity contribution is -0.137. The predicted molar refractivity (Wildman–Crippen MR) is 135 cm³/mol. The third-order valence-corrected chi connectivity index (χ3v) is 8.47. The second-order valence-electron chi connectivity index (χ2n) is 8.75. The topological polar surface area (TPSA) is 102 Å². The number of para-hydroxylation sites is 1. The van der Waals surface area contributed by atoms with Gasteiger partial charge in [0.2, 0.25) is 0 Å². The highest BCUT2D eigenvalue weighted by Crippen LogP contribution is 2.62. The summed E-state index contributed by atoms with van der Waals surface area (Å²) in [5, 5.41) is 12.1. The Morgan fingerprint density at radius 2 is 1.94 bits per heavy atom. The van der Waals surface area contributed by atoms with Gasteiger partial charge in [-0.05, 0) is 31.0 Å². The van der Waals surface area contributed by atoms with Crippen LogP contribution in [0.2, 0.25) is 0 Å². The number of unbranched alkanes of at least 4 members (excludes halogenated alkanes) is 1. The van der Waals surface area contributed by atoms with E-state index in [-0.39, 0.29) is 18.4 Å². The van der Waals surface area contributed by atoms with E-state index >= 15 is 0 Å². The summed E-state index contributed by atoms with van der Waals surface area (Å²) in [6, 6.07) is 13.6. The van der Waals surface area contributed by atoms with Crippen LogP contribution in [0.1, 0.15) is 46.0 Å². The first-order chi connectivity index (χ1) is 15.7. The zero-order chi connectivity index (χ0) is 24.1. The summed E-state index contributed by atoms with van der Waals surface area (Å²) in [7, 11) is -1.36. The summed E-state index contributed by atoms with van der Waals surface area (Å²) in [5.41, 5.74) is 2.15. The van der Waals surface area contributed by atoms with Crippen molar-refractivity contribution in [3.8, 4) is 5.75 Å². The van der Waals surface area contributed by atoms with Crippen molar-refractivity contribution in [2.45, 2.75) is 50.8 Å². The van der Waals surface area contributed by atoms with E-state index in [2.05, 4.69) is 24.1 Å². The molecule has 0 radical (unpaired) electrons. The van der Waals surface area contributed by atoms with Crippen LogP contribution in [-0.2, 0) is 4.79 Å². The van der Waals surface area contributed by atoms with Gasteiger partial charge in [0.25, 0.3) is 0 Å². The van der Waals surface area contributed by atoms with E-state index in [1.54, 1.807) is 13.1 Å². The Balaban J connectivity index is 2.16. The lowest BCUT2D eigenvalue weighted by atomic mass is 9.81. The molecule has 0 spiro atoms. The highest BCUT2D eigenvalue weighted by atomic mass is 32.3. The summed E-state index contributed by atoms with van der Waals surface area (Å²) in [4.78, 5) is 13.6. The van der Waals surface area contributed by atoms with Crippen LogP contribution in [0.4, 0.5) is 17.1 Å². The molecular formula is C25H36N2O5S. The van der Waals surface area contributed by atoms with Crippen LogP contribution in [-0.4, -0.2) is 46.1 Å². The van der Waals surface area contributed by atoms with E-state index in [1.807, 2.05) is 36.4 Å². The summed E-state index contributed by atoms with van der Waals surface area (Å²) in [6.07, 6.45) is 3.68. The zero-order valence-corrected chi connectivity index (χ0v) is 20.5. The maximum Gasteiger partial charge on any atom is 0.306 e. The van der Waals surface area contributed by atoms with E-state index in [9.17, 15) is 13.9 Å². The molecule has 3 rings (SSSR count). The van der Waals surface area contributed by atoms with Crippen molar-refractivity contribution in [2.24, 2.45) is 5.41 Å². The van der Waals surface area contributed by atoms with Gasteiger partial charge in [0.15, 0.2) is 0 Å². The fraction of sp³-hybridized carbons (Fsp3) is 0.480. The van der Waals surface area contributed by atoms with Crippen molar-refractivity contribution >= 4 is 33.6 Å². The summed E-state index contributed by atoms with van der Waals surface area (Å²) >= 11 is 0. The molecule has 1 heterocycles. The smallest absolute Gasteiger partial charge is 0.306 e. The van der Waals surface area contributed by atoms with Gasteiger partial charge in [-0.2, -0.15) is 10.6 Å². The molecule has 0 fully saturated rings. The molecule has 2 aromatic carbocycles. The minimum Gasteiger partial charge on any atom is -0.491 e. The number of aliphatic carboxylic acids is 1. The standard InChI is InChI=1S/C25H36N2O5S/c1-4-6-13-25(5-2)17-27(19-10-8-7-9-11-19)21-15-20(26-3)22(32-14-12-24(28)29)16-23(21)33(30,31)18-25/h7-11,15-16,26,30-31H,4-6,12-14,17-18H2,1-3H3,(H,28,29). The van der Waals surface area contributed by atoms with Crippen molar-refractivity contribution < 1.29 is 23.7 Å². The van der Waals surface area contributed by atoms with Crippen molar-refractivity contribution in [3.05, 3.63) is 42.5 Å². The number of ether oxygens (including phenoxy) is 1. The quantitative estimate of drug-likeness (QED) is 0.313. The molecule has 1 atom stereocenters. The molecule has 33 heavy (non-hydrogen) atoms. The molecule has 1 unspecified atom stereocenters. The molecule has 4 N–H and O–H groups in total. The minimum atomic E-state index is -3.12. The number of hydrogen-bond donors (Lipinski definition) is 4. The van der Waals surface area contributed by atoms with Gasteiger partial charge >= 0.3 is 5.97 Å². The highest BCUT2D eigenvalue weighted by Gasteiger charge is 2.42. The van der Waals surface area contributed by atoms with E-state index in [1.165, 1.54) is 0 Å². The molecular weight excluding hydrogens is 440 g/mol. The zero-order valence-electron chi connectivity index (χ0n) is 19.7. The van der Waals surface area contributed by atoms with Crippen molar-refractivity contribution in [2.75, 3.05) is 36.2 Å². The summed E-state index contributed by atoms with van der Waals surface area (Å²) in [5.74, 6) is -0.234. The van der Waals surface area contributed by atoms with Crippen molar-refractivity contribution in [1.82, 2.24) is 0 Å². The predicted octanol–water partition coefficient (Wildman–Crippen LogP) is 6.43. The van der Waals surface area contributed by atoms with Crippen LogP contribution in [0.5, 0.6) is 5.75 Å². The number of nitrogens with zero attached hydrogens (tertiary/aromatic N) is 1. The second-order valence-corrected chi connectivity index (χ2v) is 10.8. The number of carbonyl (C=O) groups is 1. The number of anilines is 3. The molecule has 8 heteroatoms. The Morgan fingerprint density at radius 3 is 2.55 bits per heavy atom. The van der Waals surface area contributed by atoms with Gasteiger partial charge < -0.3 is 20.1 Å². The fourth-order valence-corrected chi connectivity index (χ4v) is 6.74. The third-order valence-electron chi connectivity index (χ3n) is 6.43. The molecule has 0 amide bonds. The monoisotopic (exact) mass is 476 g/mol. The molecule has 1 aliphatic rings. The van der Waals surface area contributed by atoms with Crippen LogP contribution in [0.3, 0.4) is 0 Å². The van der Waals surface area contributed by atoms with Gasteiger partial charge in [0.05, 0.1) is 29.3 Å². The van der Waals surface area contributed by atoms with Gasteiger partial charge in [-0.1, -0.05) is 44.9 Å². The SMILES string of the molecule is CCCCC1(CC)CN(c2ccccc2)c2cc(NC)c(OCCC(=O)O)cc2S(O)(O)C1. The van der Waals surface area contributed by atoms with Crippen LogP contribution in [0.15, 0.2) is 47.4 Å². The van der Waals surface area contributed by atoms with Gasteiger partial charge in [-0.15, -0.1) is 0 Å². The first-order valence-electron chi connectivity index (χ1n) is 11.5. The molecule has 1 aliphatic heterocycles. The number of benzene rings is 2. The Labute approximate surface area is 198 Å². The third kappa shape index (κ3) is 5.75. The maximum atomic E-state index is 11.5. The lowest BCUT2D eigenvalue weighted by Gasteiger charge is -2.41. The average Bonchev–Trinajstić information content (AvgIpc) is 2.90. The Hall–Kier alpha value is -2.42. The first-order valence-corrected chi connectivity index (χ1v) is 13.3. The number of hydrogen-bond acceptors (Lipinski definition) is 6. The average molecular weight is 477 g/mol. The number of carboxylic acid groups (broad SMARTS) is 1. The molecule has 7 nitrogen and oxygen atoms in total. The summed E-state index contributed by atoms with van der Waals surface area (Å²) in [6.45, 7) is 4.96. The second kappa shape index (κ2) is 10.7.